The summed E-state index contributed by atoms with van der Waals surface area (Å²) in [5.74, 6) is -0.105. The minimum atomic E-state index is -3.39. The van der Waals surface area contributed by atoms with Crippen molar-refractivity contribution in [3.05, 3.63) is 58.7 Å². The number of hydrogen-bond acceptors (Lipinski definition) is 6. The summed E-state index contributed by atoms with van der Waals surface area (Å²) in [5, 5.41) is 0. The molecule has 2 aromatic carbocycles. The summed E-state index contributed by atoms with van der Waals surface area (Å²) in [4.78, 5) is 24.1. The number of benzene rings is 2. The lowest BCUT2D eigenvalue weighted by atomic mass is 10.1. The van der Waals surface area contributed by atoms with Gasteiger partial charge in [0.15, 0.2) is 5.78 Å². The van der Waals surface area contributed by atoms with Gasteiger partial charge in [-0.3, -0.25) is 9.10 Å². The fourth-order valence-corrected chi connectivity index (χ4v) is 4.84. The van der Waals surface area contributed by atoms with Crippen molar-refractivity contribution in [2.24, 2.45) is 0 Å². The molecular formula is C21H23NO6S. The number of anilines is 1. The number of ketones is 1. The van der Waals surface area contributed by atoms with Crippen molar-refractivity contribution in [1.29, 1.82) is 0 Å². The largest absolute Gasteiger partial charge is 0.496 e. The molecule has 0 amide bonds. The van der Waals surface area contributed by atoms with Crippen LogP contribution in [0.25, 0.3) is 0 Å². The summed E-state index contributed by atoms with van der Waals surface area (Å²) in [5.41, 5.74) is 2.81. The lowest BCUT2D eigenvalue weighted by Crippen LogP contribution is -2.34. The highest BCUT2D eigenvalue weighted by Gasteiger charge is 2.32. The molecule has 7 nitrogen and oxygen atoms in total. The van der Waals surface area contributed by atoms with E-state index in [-0.39, 0.29) is 18.4 Å². The second-order valence-electron chi connectivity index (χ2n) is 7.11. The molecule has 1 aliphatic heterocycles. The van der Waals surface area contributed by atoms with Gasteiger partial charge in [-0.15, -0.1) is 0 Å². The monoisotopic (exact) mass is 417 g/mol. The van der Waals surface area contributed by atoms with Gasteiger partial charge in [0.1, 0.15) is 12.4 Å². The van der Waals surface area contributed by atoms with E-state index < -0.39 is 16.0 Å². The Balaban J connectivity index is 1.79. The molecule has 0 fully saturated rings. The third-order valence-electron chi connectivity index (χ3n) is 4.87. The standard InChI is InChI=1S/C21H23NO6S/c1-13-9-17-11-16(5-7-19(17)22(13)29(4,25)26)21(24)28-12-18-10-15(14(2)23)6-8-20(18)27-3/h5-8,10-11,13H,9,12H2,1-4H3/t13-/m1/s1. The average Bonchev–Trinajstić information content (AvgIpc) is 3.00. The maximum Gasteiger partial charge on any atom is 0.338 e. The first-order valence-electron chi connectivity index (χ1n) is 9.09. The summed E-state index contributed by atoms with van der Waals surface area (Å²) in [6.07, 6.45) is 1.70. The quantitative estimate of drug-likeness (QED) is 0.530. The van der Waals surface area contributed by atoms with Crippen LogP contribution >= 0.6 is 0 Å². The molecule has 3 rings (SSSR count). The Morgan fingerprint density at radius 1 is 1.14 bits per heavy atom. The van der Waals surface area contributed by atoms with E-state index in [1.54, 1.807) is 36.4 Å². The van der Waals surface area contributed by atoms with Crippen LogP contribution in [0.1, 0.15) is 45.7 Å². The molecule has 1 atom stereocenters. The number of carbonyl (C=O) groups is 2. The molecule has 0 bridgehead atoms. The highest BCUT2D eigenvalue weighted by molar-refractivity contribution is 7.92. The summed E-state index contributed by atoms with van der Waals surface area (Å²) in [6, 6.07) is 9.61. The van der Waals surface area contributed by atoms with Crippen LogP contribution in [-0.4, -0.2) is 39.6 Å². The highest BCUT2D eigenvalue weighted by Crippen LogP contribution is 2.35. The lowest BCUT2D eigenvalue weighted by Gasteiger charge is -2.21. The molecule has 0 N–H and O–H groups in total. The van der Waals surface area contributed by atoms with Crippen LogP contribution in [0.2, 0.25) is 0 Å². The molecule has 8 heteroatoms. The second kappa shape index (κ2) is 7.87. The summed E-state index contributed by atoms with van der Waals surface area (Å²) in [7, 11) is -1.88. The number of hydrogen-bond donors (Lipinski definition) is 0. The Kier molecular flexibility index (Phi) is 5.66. The van der Waals surface area contributed by atoms with Gasteiger partial charge >= 0.3 is 5.97 Å². The van der Waals surface area contributed by atoms with Gasteiger partial charge < -0.3 is 9.47 Å². The van der Waals surface area contributed by atoms with Crippen molar-refractivity contribution < 1.29 is 27.5 Å². The maximum atomic E-state index is 12.5. The Labute approximate surface area is 170 Å². The number of methoxy groups -OCH3 is 1. The first-order chi connectivity index (χ1) is 13.6. The number of Topliss-reactive ketones (excluding diaryl/α,β-unsaturated/α-hetero) is 1. The second-order valence-corrected chi connectivity index (χ2v) is 8.97. The predicted octanol–water partition coefficient (Wildman–Crippen LogP) is 2.97. The average molecular weight is 417 g/mol. The van der Waals surface area contributed by atoms with Crippen molar-refractivity contribution in [3.63, 3.8) is 0 Å². The zero-order chi connectivity index (χ0) is 21.3. The molecule has 2 aromatic rings. The molecule has 0 aliphatic carbocycles. The molecule has 0 unspecified atom stereocenters. The van der Waals surface area contributed by atoms with Crippen molar-refractivity contribution in [1.82, 2.24) is 0 Å². The summed E-state index contributed by atoms with van der Waals surface area (Å²) in [6.45, 7) is 3.24. The zero-order valence-corrected chi connectivity index (χ0v) is 17.6. The Morgan fingerprint density at radius 3 is 2.45 bits per heavy atom. The first kappa shape index (κ1) is 20.9. The van der Waals surface area contributed by atoms with E-state index in [2.05, 4.69) is 0 Å². The third-order valence-corrected chi connectivity index (χ3v) is 6.14. The van der Waals surface area contributed by atoms with Gasteiger partial charge in [-0.25, -0.2) is 13.2 Å². The molecule has 1 aliphatic rings. The minimum absolute atomic E-state index is 0.0495. The van der Waals surface area contributed by atoms with E-state index in [0.717, 1.165) is 5.56 Å². The number of fused-ring (bicyclic) bond motifs is 1. The predicted molar refractivity (Wildman–Crippen MR) is 109 cm³/mol. The molecule has 0 saturated carbocycles. The van der Waals surface area contributed by atoms with Crippen molar-refractivity contribution in [2.75, 3.05) is 17.7 Å². The van der Waals surface area contributed by atoms with Crippen molar-refractivity contribution in [3.8, 4) is 5.75 Å². The molecule has 0 aromatic heterocycles. The van der Waals surface area contributed by atoms with Crippen LogP contribution in [-0.2, 0) is 27.8 Å². The number of sulfonamides is 1. The van der Waals surface area contributed by atoms with Gasteiger partial charge in [-0.05, 0) is 62.2 Å². The Bertz CT molecular complexity index is 1080. The number of rotatable bonds is 6. The molecule has 1 heterocycles. The topological polar surface area (TPSA) is 90.0 Å². The van der Waals surface area contributed by atoms with Crippen LogP contribution in [0.3, 0.4) is 0 Å². The summed E-state index contributed by atoms with van der Waals surface area (Å²) < 4.78 is 36.1. The van der Waals surface area contributed by atoms with E-state index in [0.29, 0.717) is 34.5 Å². The maximum absolute atomic E-state index is 12.5. The number of carbonyl (C=O) groups excluding carboxylic acids is 2. The zero-order valence-electron chi connectivity index (χ0n) is 16.8. The fraction of sp³-hybridized carbons (Fsp3) is 0.333. The smallest absolute Gasteiger partial charge is 0.338 e. The highest BCUT2D eigenvalue weighted by atomic mass is 32.2. The Morgan fingerprint density at radius 2 is 1.83 bits per heavy atom. The normalized spacial score (nSPS) is 15.7. The van der Waals surface area contributed by atoms with Crippen molar-refractivity contribution in [2.45, 2.75) is 32.9 Å². The first-order valence-corrected chi connectivity index (χ1v) is 10.9. The van der Waals surface area contributed by atoms with Crippen molar-refractivity contribution >= 4 is 27.5 Å². The Hall–Kier alpha value is -2.87. The molecule has 0 spiro atoms. The van der Waals surface area contributed by atoms with Crippen LogP contribution in [0.4, 0.5) is 5.69 Å². The number of ether oxygens (including phenoxy) is 2. The molecular weight excluding hydrogens is 394 g/mol. The molecule has 0 saturated heterocycles. The van der Waals surface area contributed by atoms with E-state index in [4.69, 9.17) is 9.47 Å². The van der Waals surface area contributed by atoms with E-state index in [1.807, 2.05) is 6.92 Å². The van der Waals surface area contributed by atoms with Gasteiger partial charge in [0.05, 0.1) is 24.6 Å². The number of nitrogens with zero attached hydrogens (tertiary/aromatic N) is 1. The van der Waals surface area contributed by atoms with E-state index in [1.165, 1.54) is 24.6 Å². The summed E-state index contributed by atoms with van der Waals surface area (Å²) >= 11 is 0. The van der Waals surface area contributed by atoms with E-state index in [9.17, 15) is 18.0 Å². The van der Waals surface area contributed by atoms with Crippen LogP contribution < -0.4 is 9.04 Å². The SMILES string of the molecule is COc1ccc(C(C)=O)cc1COC(=O)c1ccc2c(c1)C[C@@H](C)N2S(C)(=O)=O. The van der Waals surface area contributed by atoms with Crippen LogP contribution in [0.5, 0.6) is 5.75 Å². The van der Waals surface area contributed by atoms with E-state index >= 15 is 0 Å². The van der Waals surface area contributed by atoms with Gasteiger partial charge in [0, 0.05) is 17.2 Å². The van der Waals surface area contributed by atoms with Gasteiger partial charge in [-0.1, -0.05) is 0 Å². The molecule has 29 heavy (non-hydrogen) atoms. The van der Waals surface area contributed by atoms with Gasteiger partial charge in [-0.2, -0.15) is 0 Å². The van der Waals surface area contributed by atoms with Crippen LogP contribution in [0, 0.1) is 0 Å². The molecule has 154 valence electrons. The molecule has 0 radical (unpaired) electrons. The van der Waals surface area contributed by atoms with Gasteiger partial charge in [0.25, 0.3) is 0 Å². The fourth-order valence-electron chi connectivity index (χ4n) is 3.57. The minimum Gasteiger partial charge on any atom is -0.496 e. The van der Waals surface area contributed by atoms with Crippen LogP contribution in [0.15, 0.2) is 36.4 Å². The number of esters is 1. The lowest BCUT2D eigenvalue weighted by molar-refractivity contribution is 0.0470. The third kappa shape index (κ3) is 4.27. The van der Waals surface area contributed by atoms with Gasteiger partial charge in [0.2, 0.25) is 10.0 Å².